The van der Waals surface area contributed by atoms with Crippen LogP contribution in [0.2, 0.25) is 0 Å². The highest BCUT2D eigenvalue weighted by Crippen LogP contribution is 2.66. The van der Waals surface area contributed by atoms with Crippen molar-refractivity contribution in [3.8, 4) is 0 Å². The number of nitrogens with zero attached hydrogens (tertiary/aromatic N) is 1. The Bertz CT molecular complexity index is 388. The summed E-state index contributed by atoms with van der Waals surface area (Å²) in [5.41, 5.74) is -0.0849. The van der Waals surface area contributed by atoms with E-state index in [2.05, 4.69) is 27.7 Å². The van der Waals surface area contributed by atoms with Gasteiger partial charge in [0.2, 0.25) is 0 Å². The highest BCUT2D eigenvalue weighted by Gasteiger charge is 2.67. The standard InChI is InChI=1S/C15H25NO2/c1-9(2)11-8-18-13(16-11)15-6-5-10(7-12(15)17)14(15,3)4/h9-12,17H,5-8H2,1-4H3/t10?,11-,12?,15?/m1/s1. The number of rotatable bonds is 2. The molecule has 2 aliphatic carbocycles. The molecule has 0 amide bonds. The lowest BCUT2D eigenvalue weighted by atomic mass is 9.68. The molecule has 4 atom stereocenters. The van der Waals surface area contributed by atoms with Crippen molar-refractivity contribution >= 4 is 5.90 Å². The fourth-order valence-electron chi connectivity index (χ4n) is 4.43. The summed E-state index contributed by atoms with van der Waals surface area (Å²) in [4.78, 5) is 4.82. The molecule has 0 aromatic carbocycles. The third-order valence-electron chi connectivity index (χ3n) is 5.96. The molecule has 2 bridgehead atoms. The van der Waals surface area contributed by atoms with Crippen molar-refractivity contribution in [3.63, 3.8) is 0 Å². The lowest BCUT2D eigenvalue weighted by molar-refractivity contribution is 0.0354. The van der Waals surface area contributed by atoms with E-state index in [4.69, 9.17) is 9.73 Å². The molecule has 3 nitrogen and oxygen atoms in total. The van der Waals surface area contributed by atoms with Crippen molar-refractivity contribution < 1.29 is 9.84 Å². The molecule has 3 rings (SSSR count). The summed E-state index contributed by atoms with van der Waals surface area (Å²) in [7, 11) is 0. The van der Waals surface area contributed by atoms with Gasteiger partial charge in [0.15, 0.2) is 5.90 Å². The first-order valence-electron chi connectivity index (χ1n) is 7.28. The van der Waals surface area contributed by atoms with E-state index in [-0.39, 0.29) is 23.0 Å². The second kappa shape index (κ2) is 3.72. The zero-order chi connectivity index (χ0) is 13.1. The van der Waals surface area contributed by atoms with Crippen LogP contribution in [0.1, 0.15) is 47.0 Å². The van der Waals surface area contributed by atoms with E-state index < -0.39 is 0 Å². The molecule has 0 spiro atoms. The molecule has 1 aliphatic heterocycles. The first-order chi connectivity index (χ1) is 8.39. The fourth-order valence-corrected chi connectivity index (χ4v) is 4.43. The summed E-state index contributed by atoms with van der Waals surface area (Å²) >= 11 is 0. The van der Waals surface area contributed by atoms with Crippen molar-refractivity contribution in [1.29, 1.82) is 0 Å². The third-order valence-corrected chi connectivity index (χ3v) is 5.96. The number of aliphatic hydroxyl groups excluding tert-OH is 1. The number of aliphatic imine (C=N–C) groups is 1. The minimum atomic E-state index is -0.268. The van der Waals surface area contributed by atoms with Crippen LogP contribution in [-0.4, -0.2) is 29.8 Å². The number of ether oxygens (including phenoxy) is 1. The van der Waals surface area contributed by atoms with Gasteiger partial charge in [-0.3, -0.25) is 0 Å². The van der Waals surface area contributed by atoms with Gasteiger partial charge in [-0.15, -0.1) is 0 Å². The molecule has 102 valence electrons. The van der Waals surface area contributed by atoms with E-state index in [0.717, 1.165) is 18.7 Å². The molecule has 0 aromatic rings. The van der Waals surface area contributed by atoms with Gasteiger partial charge in [-0.2, -0.15) is 0 Å². The van der Waals surface area contributed by atoms with Gasteiger partial charge in [-0.1, -0.05) is 27.7 Å². The Hall–Kier alpha value is -0.570. The highest BCUT2D eigenvalue weighted by molar-refractivity contribution is 5.86. The quantitative estimate of drug-likeness (QED) is 0.819. The van der Waals surface area contributed by atoms with E-state index in [9.17, 15) is 5.11 Å². The zero-order valence-electron chi connectivity index (χ0n) is 11.9. The third kappa shape index (κ3) is 1.31. The monoisotopic (exact) mass is 251 g/mol. The molecule has 0 saturated heterocycles. The molecule has 0 aromatic heterocycles. The average molecular weight is 251 g/mol. The van der Waals surface area contributed by atoms with Crippen molar-refractivity contribution in [2.24, 2.45) is 27.7 Å². The minimum absolute atomic E-state index is 0.122. The van der Waals surface area contributed by atoms with Crippen LogP contribution in [0.5, 0.6) is 0 Å². The topological polar surface area (TPSA) is 41.8 Å². The van der Waals surface area contributed by atoms with Crippen LogP contribution in [-0.2, 0) is 4.74 Å². The van der Waals surface area contributed by atoms with Crippen LogP contribution in [0, 0.1) is 22.7 Å². The van der Waals surface area contributed by atoms with Gasteiger partial charge in [0.1, 0.15) is 6.61 Å². The lowest BCUT2D eigenvalue weighted by Gasteiger charge is -2.39. The SMILES string of the molecule is CC(C)[C@H]1COC(C23CCC(CC2O)C3(C)C)=N1. The lowest BCUT2D eigenvalue weighted by Crippen LogP contribution is -2.46. The van der Waals surface area contributed by atoms with Gasteiger partial charge < -0.3 is 9.84 Å². The van der Waals surface area contributed by atoms with Gasteiger partial charge in [-0.05, 0) is 36.5 Å². The second-order valence-electron chi connectivity index (χ2n) is 7.24. The molecule has 3 unspecified atom stereocenters. The first kappa shape index (κ1) is 12.5. The molecule has 2 saturated carbocycles. The second-order valence-corrected chi connectivity index (χ2v) is 7.24. The normalized spacial score (nSPS) is 45.4. The molecule has 1 N–H and O–H groups in total. The summed E-state index contributed by atoms with van der Waals surface area (Å²) in [5, 5.41) is 10.5. The number of hydrogen-bond acceptors (Lipinski definition) is 3. The summed E-state index contributed by atoms with van der Waals surface area (Å²) in [6.45, 7) is 9.64. The van der Waals surface area contributed by atoms with Crippen LogP contribution < -0.4 is 0 Å². The van der Waals surface area contributed by atoms with Crippen molar-refractivity contribution in [2.75, 3.05) is 6.61 Å². The average Bonchev–Trinajstić information content (AvgIpc) is 2.90. The minimum Gasteiger partial charge on any atom is -0.478 e. The van der Waals surface area contributed by atoms with Crippen LogP contribution in [0.15, 0.2) is 4.99 Å². The van der Waals surface area contributed by atoms with Crippen molar-refractivity contribution in [3.05, 3.63) is 0 Å². The molecule has 3 aliphatic rings. The molecule has 18 heavy (non-hydrogen) atoms. The van der Waals surface area contributed by atoms with Gasteiger partial charge >= 0.3 is 0 Å². The van der Waals surface area contributed by atoms with Crippen LogP contribution in [0.25, 0.3) is 0 Å². The summed E-state index contributed by atoms with van der Waals surface area (Å²) < 4.78 is 5.93. The Morgan fingerprint density at radius 1 is 1.39 bits per heavy atom. The van der Waals surface area contributed by atoms with Gasteiger partial charge in [-0.25, -0.2) is 4.99 Å². The molecule has 2 fully saturated rings. The van der Waals surface area contributed by atoms with Gasteiger partial charge in [0, 0.05) is 0 Å². The Kier molecular flexibility index (Phi) is 2.58. The van der Waals surface area contributed by atoms with E-state index in [1.807, 2.05) is 0 Å². The summed E-state index contributed by atoms with van der Waals surface area (Å²) in [6.07, 6.45) is 2.90. The number of aliphatic hydroxyl groups is 1. The molecular formula is C15H25NO2. The first-order valence-corrected chi connectivity index (χ1v) is 7.28. The van der Waals surface area contributed by atoms with Gasteiger partial charge in [0.25, 0.3) is 0 Å². The molecule has 1 heterocycles. The predicted molar refractivity (Wildman–Crippen MR) is 71.6 cm³/mol. The Labute approximate surface area is 110 Å². The van der Waals surface area contributed by atoms with Crippen LogP contribution in [0.4, 0.5) is 0 Å². The van der Waals surface area contributed by atoms with Crippen molar-refractivity contribution in [1.82, 2.24) is 0 Å². The van der Waals surface area contributed by atoms with Crippen LogP contribution in [0.3, 0.4) is 0 Å². The summed E-state index contributed by atoms with van der Waals surface area (Å²) in [5.74, 6) is 1.99. The van der Waals surface area contributed by atoms with Crippen molar-refractivity contribution in [2.45, 2.75) is 59.1 Å². The molecule has 0 radical (unpaired) electrons. The smallest absolute Gasteiger partial charge is 0.193 e. The van der Waals surface area contributed by atoms with Gasteiger partial charge in [0.05, 0.1) is 17.6 Å². The maximum atomic E-state index is 10.5. The number of hydrogen-bond donors (Lipinski definition) is 1. The maximum Gasteiger partial charge on any atom is 0.193 e. The maximum absolute atomic E-state index is 10.5. The fraction of sp³-hybridized carbons (Fsp3) is 0.933. The predicted octanol–water partition coefficient (Wildman–Crippen LogP) is 2.63. The largest absolute Gasteiger partial charge is 0.478 e. The number of fused-ring (bicyclic) bond motifs is 2. The molecule has 3 heteroatoms. The van der Waals surface area contributed by atoms with E-state index in [0.29, 0.717) is 18.4 Å². The van der Waals surface area contributed by atoms with E-state index in [1.165, 1.54) is 6.42 Å². The highest BCUT2D eigenvalue weighted by atomic mass is 16.5. The summed E-state index contributed by atoms with van der Waals surface area (Å²) in [6, 6.07) is 0.275. The Morgan fingerprint density at radius 3 is 2.56 bits per heavy atom. The van der Waals surface area contributed by atoms with E-state index in [1.54, 1.807) is 0 Å². The Balaban J connectivity index is 1.98. The Morgan fingerprint density at radius 2 is 2.11 bits per heavy atom. The van der Waals surface area contributed by atoms with Crippen LogP contribution >= 0.6 is 0 Å². The molecular weight excluding hydrogens is 226 g/mol. The van der Waals surface area contributed by atoms with E-state index >= 15 is 0 Å². The zero-order valence-corrected chi connectivity index (χ0v) is 11.9.